The number of carbonyl (C=O) groups is 1. The van der Waals surface area contributed by atoms with Crippen molar-refractivity contribution in [2.45, 2.75) is 11.4 Å². The van der Waals surface area contributed by atoms with Gasteiger partial charge in [0, 0.05) is 36.2 Å². The third-order valence-electron chi connectivity index (χ3n) is 3.20. The number of nitro benzene ring substituents is 1. The number of hydrogen-bond acceptors (Lipinski definition) is 4. The Labute approximate surface area is 137 Å². The van der Waals surface area contributed by atoms with Crippen LogP contribution >= 0.6 is 11.8 Å². The van der Waals surface area contributed by atoms with Gasteiger partial charge in [-0.3, -0.25) is 14.9 Å². The van der Waals surface area contributed by atoms with Gasteiger partial charge in [-0.05, 0) is 18.2 Å². The highest BCUT2D eigenvalue weighted by Crippen LogP contribution is 2.21. The molecule has 0 aliphatic carbocycles. The van der Waals surface area contributed by atoms with Crippen LogP contribution in [0.15, 0.2) is 53.4 Å². The van der Waals surface area contributed by atoms with Gasteiger partial charge in [0.2, 0.25) is 5.91 Å². The quantitative estimate of drug-likeness (QED) is 0.461. The van der Waals surface area contributed by atoms with Crippen molar-refractivity contribution in [3.8, 4) is 0 Å². The first kappa shape index (κ1) is 17.0. The second kappa shape index (κ2) is 7.73. The molecule has 0 aromatic heterocycles. The number of carbonyl (C=O) groups excluding carboxylic acids is 1. The fourth-order valence-electron chi connectivity index (χ4n) is 1.89. The summed E-state index contributed by atoms with van der Waals surface area (Å²) in [5.41, 5.74) is 0.473. The molecule has 7 heteroatoms. The lowest BCUT2D eigenvalue weighted by Crippen LogP contribution is -2.28. The Morgan fingerprint density at radius 2 is 1.87 bits per heavy atom. The van der Waals surface area contributed by atoms with E-state index in [1.54, 1.807) is 37.4 Å². The number of halogens is 1. The van der Waals surface area contributed by atoms with Crippen LogP contribution in [-0.2, 0) is 11.3 Å². The molecule has 0 unspecified atom stereocenters. The highest BCUT2D eigenvalue weighted by molar-refractivity contribution is 8.00. The zero-order chi connectivity index (χ0) is 16.8. The van der Waals surface area contributed by atoms with Gasteiger partial charge in [0.15, 0.2) is 0 Å². The van der Waals surface area contributed by atoms with E-state index < -0.39 is 4.92 Å². The zero-order valence-corrected chi connectivity index (χ0v) is 13.3. The molecule has 0 saturated carbocycles. The van der Waals surface area contributed by atoms with E-state index in [1.165, 1.54) is 34.9 Å². The lowest BCUT2D eigenvalue weighted by atomic mass is 10.2. The maximum absolute atomic E-state index is 13.6. The summed E-state index contributed by atoms with van der Waals surface area (Å²) in [6, 6.07) is 12.3. The maximum Gasteiger partial charge on any atom is 0.269 e. The molecule has 0 aliphatic heterocycles. The molecule has 0 N–H and O–H groups in total. The molecule has 0 saturated heterocycles. The summed E-state index contributed by atoms with van der Waals surface area (Å²) in [4.78, 5) is 24.4. The molecule has 0 bridgehead atoms. The lowest BCUT2D eigenvalue weighted by Gasteiger charge is -2.17. The SMILES string of the molecule is CN(Cc1ccccc1F)C(=O)CSc1ccc([N+](=O)[O-])cc1. The summed E-state index contributed by atoms with van der Waals surface area (Å²) in [6.45, 7) is 0.201. The van der Waals surface area contributed by atoms with Crippen LogP contribution in [0.4, 0.5) is 10.1 Å². The van der Waals surface area contributed by atoms with Crippen LogP contribution in [0.2, 0.25) is 0 Å². The van der Waals surface area contributed by atoms with Crippen molar-refractivity contribution in [2.75, 3.05) is 12.8 Å². The van der Waals surface area contributed by atoms with Gasteiger partial charge < -0.3 is 4.90 Å². The first-order chi connectivity index (χ1) is 11.0. The van der Waals surface area contributed by atoms with Gasteiger partial charge in [-0.25, -0.2) is 4.39 Å². The molecule has 2 aromatic carbocycles. The van der Waals surface area contributed by atoms with Crippen LogP contribution in [0, 0.1) is 15.9 Å². The van der Waals surface area contributed by atoms with Crippen molar-refractivity contribution in [1.82, 2.24) is 4.90 Å². The minimum atomic E-state index is -0.470. The molecule has 0 radical (unpaired) electrons. The Morgan fingerprint density at radius 3 is 2.48 bits per heavy atom. The van der Waals surface area contributed by atoms with E-state index in [0.717, 1.165) is 4.90 Å². The van der Waals surface area contributed by atoms with E-state index in [1.807, 2.05) is 0 Å². The lowest BCUT2D eigenvalue weighted by molar-refractivity contribution is -0.384. The first-order valence-electron chi connectivity index (χ1n) is 6.82. The summed E-state index contributed by atoms with van der Waals surface area (Å²) >= 11 is 1.28. The van der Waals surface area contributed by atoms with E-state index in [0.29, 0.717) is 5.56 Å². The Balaban J connectivity index is 1.89. The molecule has 23 heavy (non-hydrogen) atoms. The number of nitrogens with zero attached hydrogens (tertiary/aromatic N) is 2. The van der Waals surface area contributed by atoms with Gasteiger partial charge in [-0.2, -0.15) is 0 Å². The largest absolute Gasteiger partial charge is 0.341 e. The Morgan fingerprint density at radius 1 is 1.22 bits per heavy atom. The molecule has 0 spiro atoms. The van der Waals surface area contributed by atoms with Crippen molar-refractivity contribution < 1.29 is 14.1 Å². The number of thioether (sulfide) groups is 1. The van der Waals surface area contributed by atoms with Crippen LogP contribution in [-0.4, -0.2) is 28.5 Å². The van der Waals surface area contributed by atoms with Crippen molar-refractivity contribution >= 4 is 23.4 Å². The van der Waals surface area contributed by atoms with E-state index in [2.05, 4.69) is 0 Å². The Kier molecular flexibility index (Phi) is 5.70. The maximum atomic E-state index is 13.6. The van der Waals surface area contributed by atoms with Crippen molar-refractivity contribution in [3.63, 3.8) is 0 Å². The summed E-state index contributed by atoms with van der Waals surface area (Å²) in [5.74, 6) is -0.297. The highest BCUT2D eigenvalue weighted by Gasteiger charge is 2.12. The van der Waals surface area contributed by atoms with Crippen LogP contribution in [0.1, 0.15) is 5.56 Å². The molecule has 0 atom stereocenters. The van der Waals surface area contributed by atoms with Crippen molar-refractivity contribution in [3.05, 3.63) is 70.0 Å². The van der Waals surface area contributed by atoms with Gasteiger partial charge >= 0.3 is 0 Å². The molecular formula is C16H15FN2O3S. The second-order valence-electron chi connectivity index (χ2n) is 4.88. The third kappa shape index (κ3) is 4.79. The van der Waals surface area contributed by atoms with Crippen molar-refractivity contribution in [1.29, 1.82) is 0 Å². The topological polar surface area (TPSA) is 63.5 Å². The molecule has 120 valence electrons. The summed E-state index contributed by atoms with van der Waals surface area (Å²) in [5, 5.41) is 10.6. The molecule has 2 rings (SSSR count). The summed E-state index contributed by atoms with van der Waals surface area (Å²) < 4.78 is 13.6. The number of rotatable bonds is 6. The van der Waals surface area contributed by atoms with Gasteiger partial charge in [-0.1, -0.05) is 18.2 Å². The van der Waals surface area contributed by atoms with E-state index >= 15 is 0 Å². The van der Waals surface area contributed by atoms with E-state index in [-0.39, 0.29) is 29.7 Å². The number of non-ortho nitro benzene ring substituents is 1. The first-order valence-corrected chi connectivity index (χ1v) is 7.80. The van der Waals surface area contributed by atoms with Crippen LogP contribution < -0.4 is 0 Å². The summed E-state index contributed by atoms with van der Waals surface area (Å²) in [7, 11) is 1.62. The van der Waals surface area contributed by atoms with E-state index in [4.69, 9.17) is 0 Å². The van der Waals surface area contributed by atoms with Gasteiger partial charge in [-0.15, -0.1) is 11.8 Å². The Bertz CT molecular complexity index is 707. The molecule has 5 nitrogen and oxygen atoms in total. The van der Waals surface area contributed by atoms with Gasteiger partial charge in [0.1, 0.15) is 5.82 Å². The third-order valence-corrected chi connectivity index (χ3v) is 4.20. The minimum absolute atomic E-state index is 0.0114. The van der Waals surface area contributed by atoms with Crippen molar-refractivity contribution in [2.24, 2.45) is 0 Å². The number of nitro groups is 1. The number of hydrogen-bond donors (Lipinski definition) is 0. The van der Waals surface area contributed by atoms with Crippen LogP contribution in [0.5, 0.6) is 0 Å². The fourth-order valence-corrected chi connectivity index (χ4v) is 2.73. The number of amides is 1. The van der Waals surface area contributed by atoms with Crippen LogP contribution in [0.3, 0.4) is 0 Å². The Hall–Kier alpha value is -2.41. The normalized spacial score (nSPS) is 10.3. The predicted molar refractivity (Wildman–Crippen MR) is 86.7 cm³/mol. The molecular weight excluding hydrogens is 319 g/mol. The molecule has 1 amide bonds. The highest BCUT2D eigenvalue weighted by atomic mass is 32.2. The molecule has 2 aromatic rings. The zero-order valence-electron chi connectivity index (χ0n) is 12.4. The van der Waals surface area contributed by atoms with Crippen LogP contribution in [0.25, 0.3) is 0 Å². The molecule has 0 fully saturated rings. The van der Waals surface area contributed by atoms with Gasteiger partial charge in [0.25, 0.3) is 5.69 Å². The molecule has 0 aliphatic rings. The summed E-state index contributed by atoms with van der Waals surface area (Å²) in [6.07, 6.45) is 0. The standard InChI is InChI=1S/C16H15FN2O3S/c1-18(10-12-4-2-3-5-15(12)17)16(20)11-23-14-8-6-13(7-9-14)19(21)22/h2-9H,10-11H2,1H3. The second-order valence-corrected chi connectivity index (χ2v) is 5.93. The van der Waals surface area contributed by atoms with Gasteiger partial charge in [0.05, 0.1) is 10.7 Å². The average Bonchev–Trinajstić information content (AvgIpc) is 2.55. The predicted octanol–water partition coefficient (Wildman–Crippen LogP) is 3.48. The smallest absolute Gasteiger partial charge is 0.269 e. The molecule has 0 heterocycles. The average molecular weight is 334 g/mol. The monoisotopic (exact) mass is 334 g/mol. The number of benzene rings is 2. The minimum Gasteiger partial charge on any atom is -0.341 e. The van der Waals surface area contributed by atoms with E-state index in [9.17, 15) is 19.3 Å². The fraction of sp³-hybridized carbons (Fsp3) is 0.188.